The Morgan fingerprint density at radius 1 is 1.26 bits per heavy atom. The van der Waals surface area contributed by atoms with Gasteiger partial charge in [0.25, 0.3) is 0 Å². The standard InChI is InChI=1S/C16H23N3/c1-2-12-19-13-11-18-16(19)10-6-9-15(17)14-7-4-3-5-8-14/h3-5,7-8,11,13,15H,2,6,9-10,12,17H2,1H3. The van der Waals surface area contributed by atoms with Crippen LogP contribution < -0.4 is 5.73 Å². The maximum absolute atomic E-state index is 6.20. The Kier molecular flexibility index (Phi) is 5.16. The van der Waals surface area contributed by atoms with Crippen LogP contribution in [0.25, 0.3) is 0 Å². The van der Waals surface area contributed by atoms with Gasteiger partial charge in [0.2, 0.25) is 0 Å². The topological polar surface area (TPSA) is 43.8 Å². The van der Waals surface area contributed by atoms with Crippen molar-refractivity contribution in [3.63, 3.8) is 0 Å². The van der Waals surface area contributed by atoms with E-state index in [4.69, 9.17) is 5.73 Å². The minimum absolute atomic E-state index is 0.135. The summed E-state index contributed by atoms with van der Waals surface area (Å²) in [7, 11) is 0. The lowest BCUT2D eigenvalue weighted by atomic mass is 10.0. The van der Waals surface area contributed by atoms with Gasteiger partial charge in [0.15, 0.2) is 0 Å². The summed E-state index contributed by atoms with van der Waals surface area (Å²) in [6, 6.07) is 10.4. The van der Waals surface area contributed by atoms with Gasteiger partial charge >= 0.3 is 0 Å². The lowest BCUT2D eigenvalue weighted by Gasteiger charge is -2.12. The van der Waals surface area contributed by atoms with E-state index in [-0.39, 0.29) is 6.04 Å². The van der Waals surface area contributed by atoms with E-state index in [2.05, 4.69) is 34.8 Å². The molecule has 1 aromatic heterocycles. The van der Waals surface area contributed by atoms with Gasteiger partial charge in [-0.15, -0.1) is 0 Å². The zero-order valence-electron chi connectivity index (χ0n) is 11.6. The minimum Gasteiger partial charge on any atom is -0.335 e. The molecule has 0 aliphatic heterocycles. The van der Waals surface area contributed by atoms with E-state index >= 15 is 0 Å². The molecule has 3 nitrogen and oxygen atoms in total. The highest BCUT2D eigenvalue weighted by Gasteiger charge is 2.07. The molecule has 102 valence electrons. The van der Waals surface area contributed by atoms with Gasteiger partial charge in [-0.3, -0.25) is 0 Å². The summed E-state index contributed by atoms with van der Waals surface area (Å²) in [5, 5.41) is 0. The first kappa shape index (κ1) is 13.8. The molecule has 3 heteroatoms. The quantitative estimate of drug-likeness (QED) is 0.827. The average Bonchev–Trinajstić information content (AvgIpc) is 2.88. The van der Waals surface area contributed by atoms with Gasteiger partial charge in [0, 0.05) is 31.4 Å². The van der Waals surface area contributed by atoms with E-state index in [0.717, 1.165) is 32.2 Å². The third-order valence-electron chi connectivity index (χ3n) is 3.41. The Labute approximate surface area is 115 Å². The Bertz CT molecular complexity index is 476. The molecular weight excluding hydrogens is 234 g/mol. The molecule has 1 unspecified atom stereocenters. The van der Waals surface area contributed by atoms with Crippen LogP contribution in [0.2, 0.25) is 0 Å². The van der Waals surface area contributed by atoms with E-state index in [9.17, 15) is 0 Å². The SMILES string of the molecule is CCCn1ccnc1CCCC(N)c1ccccc1. The number of imidazole rings is 1. The van der Waals surface area contributed by atoms with E-state index in [1.807, 2.05) is 24.4 Å². The van der Waals surface area contributed by atoms with Crippen LogP contribution in [0.3, 0.4) is 0 Å². The molecule has 1 atom stereocenters. The molecule has 1 aromatic carbocycles. The van der Waals surface area contributed by atoms with Crippen molar-refractivity contribution >= 4 is 0 Å². The largest absolute Gasteiger partial charge is 0.335 e. The van der Waals surface area contributed by atoms with Crippen LogP contribution in [-0.2, 0) is 13.0 Å². The smallest absolute Gasteiger partial charge is 0.108 e. The van der Waals surface area contributed by atoms with Gasteiger partial charge in [-0.05, 0) is 24.8 Å². The maximum Gasteiger partial charge on any atom is 0.108 e. The summed E-state index contributed by atoms with van der Waals surface area (Å²) in [6.07, 6.45) is 8.19. The minimum atomic E-state index is 0.135. The highest BCUT2D eigenvalue weighted by molar-refractivity contribution is 5.18. The third kappa shape index (κ3) is 3.93. The van der Waals surface area contributed by atoms with Crippen molar-refractivity contribution in [1.82, 2.24) is 9.55 Å². The zero-order valence-corrected chi connectivity index (χ0v) is 11.6. The molecule has 2 aromatic rings. The molecule has 0 radical (unpaired) electrons. The van der Waals surface area contributed by atoms with Crippen LogP contribution in [0, 0.1) is 0 Å². The van der Waals surface area contributed by atoms with Crippen molar-refractivity contribution in [2.45, 2.75) is 45.2 Å². The molecule has 0 bridgehead atoms. The van der Waals surface area contributed by atoms with Crippen LogP contribution in [0.5, 0.6) is 0 Å². The van der Waals surface area contributed by atoms with Gasteiger partial charge in [-0.2, -0.15) is 0 Å². The van der Waals surface area contributed by atoms with Crippen molar-refractivity contribution in [3.05, 3.63) is 54.1 Å². The second-order valence-corrected chi connectivity index (χ2v) is 4.95. The van der Waals surface area contributed by atoms with Gasteiger partial charge in [-0.25, -0.2) is 4.98 Å². The monoisotopic (exact) mass is 257 g/mol. The molecule has 0 saturated heterocycles. The predicted molar refractivity (Wildman–Crippen MR) is 78.8 cm³/mol. The fraction of sp³-hybridized carbons (Fsp3) is 0.438. The first-order valence-electron chi connectivity index (χ1n) is 7.11. The lowest BCUT2D eigenvalue weighted by Crippen LogP contribution is -2.11. The fourth-order valence-electron chi connectivity index (χ4n) is 2.36. The molecule has 19 heavy (non-hydrogen) atoms. The number of hydrogen-bond donors (Lipinski definition) is 1. The number of benzene rings is 1. The summed E-state index contributed by atoms with van der Waals surface area (Å²) in [4.78, 5) is 4.43. The van der Waals surface area contributed by atoms with Crippen LogP contribution in [-0.4, -0.2) is 9.55 Å². The summed E-state index contributed by atoms with van der Waals surface area (Å²) < 4.78 is 2.24. The molecule has 0 amide bonds. The Morgan fingerprint density at radius 2 is 2.05 bits per heavy atom. The molecule has 0 saturated carbocycles. The maximum atomic E-state index is 6.20. The van der Waals surface area contributed by atoms with Crippen LogP contribution in [0.1, 0.15) is 43.6 Å². The van der Waals surface area contributed by atoms with Crippen LogP contribution in [0.4, 0.5) is 0 Å². The summed E-state index contributed by atoms with van der Waals surface area (Å²) in [6.45, 7) is 3.25. The van der Waals surface area contributed by atoms with E-state index < -0.39 is 0 Å². The van der Waals surface area contributed by atoms with Crippen molar-refractivity contribution in [2.24, 2.45) is 5.73 Å². The van der Waals surface area contributed by atoms with E-state index in [0.29, 0.717) is 0 Å². The molecule has 0 fully saturated rings. The second kappa shape index (κ2) is 7.10. The van der Waals surface area contributed by atoms with Gasteiger partial charge in [0.05, 0.1) is 0 Å². The third-order valence-corrected chi connectivity index (χ3v) is 3.41. The molecular formula is C16H23N3. The molecule has 0 aliphatic rings. The molecule has 1 heterocycles. The van der Waals surface area contributed by atoms with Crippen molar-refractivity contribution < 1.29 is 0 Å². The highest BCUT2D eigenvalue weighted by atomic mass is 15.1. The first-order chi connectivity index (χ1) is 9.31. The fourth-order valence-corrected chi connectivity index (χ4v) is 2.36. The van der Waals surface area contributed by atoms with Crippen molar-refractivity contribution in [2.75, 3.05) is 0 Å². The number of nitrogens with two attached hydrogens (primary N) is 1. The average molecular weight is 257 g/mol. The van der Waals surface area contributed by atoms with Gasteiger partial charge < -0.3 is 10.3 Å². The Morgan fingerprint density at radius 3 is 2.79 bits per heavy atom. The number of hydrogen-bond acceptors (Lipinski definition) is 2. The number of aryl methyl sites for hydroxylation is 2. The van der Waals surface area contributed by atoms with Gasteiger partial charge in [0.1, 0.15) is 5.82 Å². The Balaban J connectivity index is 1.81. The molecule has 2 N–H and O–H groups in total. The number of nitrogens with zero attached hydrogens (tertiary/aromatic N) is 2. The summed E-state index contributed by atoms with van der Waals surface area (Å²) in [5.41, 5.74) is 7.43. The van der Waals surface area contributed by atoms with E-state index in [1.165, 1.54) is 11.4 Å². The second-order valence-electron chi connectivity index (χ2n) is 4.95. The highest BCUT2D eigenvalue weighted by Crippen LogP contribution is 2.16. The molecule has 0 aliphatic carbocycles. The first-order valence-corrected chi connectivity index (χ1v) is 7.11. The number of aromatic nitrogens is 2. The normalized spacial score (nSPS) is 12.5. The predicted octanol–water partition coefficient (Wildman–Crippen LogP) is 3.32. The van der Waals surface area contributed by atoms with Crippen LogP contribution in [0.15, 0.2) is 42.7 Å². The summed E-state index contributed by atoms with van der Waals surface area (Å²) in [5.74, 6) is 1.18. The van der Waals surface area contributed by atoms with Crippen LogP contribution >= 0.6 is 0 Å². The lowest BCUT2D eigenvalue weighted by molar-refractivity contribution is 0.574. The Hall–Kier alpha value is -1.61. The molecule has 0 spiro atoms. The zero-order chi connectivity index (χ0) is 13.5. The van der Waals surface area contributed by atoms with Crippen molar-refractivity contribution in [3.8, 4) is 0 Å². The molecule has 2 rings (SSSR count). The van der Waals surface area contributed by atoms with Gasteiger partial charge in [-0.1, -0.05) is 37.3 Å². The number of rotatable bonds is 7. The van der Waals surface area contributed by atoms with Crippen molar-refractivity contribution in [1.29, 1.82) is 0 Å². The van der Waals surface area contributed by atoms with E-state index in [1.54, 1.807) is 0 Å². The summed E-state index contributed by atoms with van der Waals surface area (Å²) >= 11 is 0.